The second-order valence-electron chi connectivity index (χ2n) is 6.31. The van der Waals surface area contributed by atoms with Gasteiger partial charge in [-0.1, -0.05) is 12.1 Å². The number of nitriles is 1. The summed E-state index contributed by atoms with van der Waals surface area (Å²) in [5.41, 5.74) is 1.26. The summed E-state index contributed by atoms with van der Waals surface area (Å²) in [5.74, 6) is -1.71. The lowest BCUT2D eigenvalue weighted by Gasteiger charge is -2.33. The second-order valence-corrected chi connectivity index (χ2v) is 8.15. The number of carbonyl (C=O) groups excluding carboxylic acids is 1. The Morgan fingerprint density at radius 1 is 1.37 bits per heavy atom. The quantitative estimate of drug-likeness (QED) is 0.753. The molecular weight excluding hydrogens is 370 g/mol. The van der Waals surface area contributed by atoms with Crippen molar-refractivity contribution in [1.82, 2.24) is 9.97 Å². The van der Waals surface area contributed by atoms with Gasteiger partial charge in [0.2, 0.25) is 10.0 Å². The molecule has 0 spiro atoms. The number of fused-ring (bicyclic) bond motifs is 1. The van der Waals surface area contributed by atoms with Crippen LogP contribution in [0.15, 0.2) is 24.3 Å². The summed E-state index contributed by atoms with van der Waals surface area (Å²) in [6, 6.07) is 8.97. The number of primary sulfonamides is 1. The molecule has 1 aromatic heterocycles. The van der Waals surface area contributed by atoms with Crippen LogP contribution in [-0.2, 0) is 19.6 Å². The fourth-order valence-electron chi connectivity index (χ4n) is 3.17. The predicted molar refractivity (Wildman–Crippen MR) is 98.3 cm³/mol. The molecule has 0 amide bonds. The van der Waals surface area contributed by atoms with Crippen LogP contribution in [0, 0.1) is 11.3 Å². The smallest absolute Gasteiger partial charge is 0.329 e. The SMILES string of the molecule is COC(=O)C(C#N)c1nc2ccccc2nc1N1CCCC(S(N)(=O)=O)C1. The van der Waals surface area contributed by atoms with Crippen molar-refractivity contribution in [2.24, 2.45) is 5.14 Å². The van der Waals surface area contributed by atoms with E-state index in [1.807, 2.05) is 6.07 Å². The lowest BCUT2D eigenvalue weighted by Crippen LogP contribution is -2.45. The topological polar surface area (TPSA) is 139 Å². The molecule has 2 aromatic rings. The molecule has 0 radical (unpaired) electrons. The van der Waals surface area contributed by atoms with E-state index in [0.29, 0.717) is 36.2 Å². The van der Waals surface area contributed by atoms with Gasteiger partial charge in [0.05, 0.1) is 29.5 Å². The van der Waals surface area contributed by atoms with E-state index in [9.17, 15) is 18.5 Å². The standard InChI is InChI=1S/C17H19N5O4S/c1-26-17(23)12(9-18)15-16(21-14-7-3-2-6-13(14)20-15)22-8-4-5-11(10-22)27(19,24)25/h2-3,6-7,11-12H,4-5,8,10H2,1H3,(H2,19,24,25). The van der Waals surface area contributed by atoms with Gasteiger partial charge in [-0.05, 0) is 25.0 Å². The molecule has 1 aromatic carbocycles. The van der Waals surface area contributed by atoms with E-state index >= 15 is 0 Å². The van der Waals surface area contributed by atoms with Crippen molar-refractivity contribution in [2.75, 3.05) is 25.1 Å². The van der Waals surface area contributed by atoms with Crippen LogP contribution in [-0.4, -0.2) is 49.8 Å². The van der Waals surface area contributed by atoms with Gasteiger partial charge < -0.3 is 9.64 Å². The molecule has 142 valence electrons. The predicted octanol–water partition coefficient (Wildman–Crippen LogP) is 0.667. The zero-order valence-corrected chi connectivity index (χ0v) is 15.5. The van der Waals surface area contributed by atoms with E-state index < -0.39 is 27.2 Å². The Balaban J connectivity index is 2.13. The first kappa shape index (κ1) is 19.0. The van der Waals surface area contributed by atoms with E-state index in [-0.39, 0.29) is 12.2 Å². The number of benzene rings is 1. The molecular formula is C17H19N5O4S. The van der Waals surface area contributed by atoms with Gasteiger partial charge in [0.25, 0.3) is 0 Å². The minimum atomic E-state index is -3.72. The van der Waals surface area contributed by atoms with Gasteiger partial charge in [-0.15, -0.1) is 0 Å². The van der Waals surface area contributed by atoms with E-state index in [1.165, 1.54) is 7.11 Å². The molecule has 1 fully saturated rings. The maximum Gasteiger partial charge on any atom is 0.329 e. The molecule has 1 aliphatic rings. The monoisotopic (exact) mass is 389 g/mol. The number of ether oxygens (including phenoxy) is 1. The van der Waals surface area contributed by atoms with Gasteiger partial charge in [-0.2, -0.15) is 5.26 Å². The Hall–Kier alpha value is -2.77. The number of piperidine rings is 1. The van der Waals surface area contributed by atoms with Crippen molar-refractivity contribution in [3.8, 4) is 6.07 Å². The Morgan fingerprint density at radius 2 is 2.04 bits per heavy atom. The highest BCUT2D eigenvalue weighted by atomic mass is 32.2. The molecule has 0 bridgehead atoms. The van der Waals surface area contributed by atoms with Crippen molar-refractivity contribution in [1.29, 1.82) is 5.26 Å². The molecule has 2 unspecified atom stereocenters. The summed E-state index contributed by atoms with van der Waals surface area (Å²) in [5, 5.41) is 14.1. The van der Waals surface area contributed by atoms with Crippen LogP contribution in [0.5, 0.6) is 0 Å². The van der Waals surface area contributed by atoms with Crippen molar-refractivity contribution in [3.63, 3.8) is 0 Å². The minimum absolute atomic E-state index is 0.123. The number of rotatable bonds is 4. The van der Waals surface area contributed by atoms with Gasteiger partial charge in [-0.3, -0.25) is 4.79 Å². The Kier molecular flexibility index (Phi) is 5.25. The van der Waals surface area contributed by atoms with Crippen LogP contribution in [0.3, 0.4) is 0 Å². The molecule has 0 saturated carbocycles. The summed E-state index contributed by atoms with van der Waals surface area (Å²) >= 11 is 0. The number of hydrogen-bond acceptors (Lipinski definition) is 8. The summed E-state index contributed by atoms with van der Waals surface area (Å²) in [7, 11) is -2.52. The number of carbonyl (C=O) groups is 1. The van der Waals surface area contributed by atoms with Crippen molar-refractivity contribution in [2.45, 2.75) is 24.0 Å². The Labute approximate surface area is 156 Å². The van der Waals surface area contributed by atoms with Crippen LogP contribution in [0.1, 0.15) is 24.5 Å². The number of anilines is 1. The largest absolute Gasteiger partial charge is 0.468 e. The minimum Gasteiger partial charge on any atom is -0.468 e. The highest BCUT2D eigenvalue weighted by molar-refractivity contribution is 7.89. The summed E-state index contributed by atoms with van der Waals surface area (Å²) in [6.45, 7) is 0.642. The molecule has 10 heteroatoms. The summed E-state index contributed by atoms with van der Waals surface area (Å²) < 4.78 is 28.3. The fourth-order valence-corrected chi connectivity index (χ4v) is 4.06. The fraction of sp³-hybridized carbons (Fsp3) is 0.412. The third-order valence-electron chi connectivity index (χ3n) is 4.56. The van der Waals surface area contributed by atoms with E-state index in [2.05, 4.69) is 9.97 Å². The van der Waals surface area contributed by atoms with Gasteiger partial charge in [0.1, 0.15) is 5.69 Å². The molecule has 2 N–H and O–H groups in total. The van der Waals surface area contributed by atoms with Crippen molar-refractivity contribution < 1.29 is 17.9 Å². The number of aromatic nitrogens is 2. The number of methoxy groups -OCH3 is 1. The molecule has 27 heavy (non-hydrogen) atoms. The highest BCUT2D eigenvalue weighted by Gasteiger charge is 2.34. The molecule has 3 rings (SSSR count). The third kappa shape index (κ3) is 3.84. The Bertz CT molecular complexity index is 1020. The number of sulfonamides is 1. The number of para-hydroxylation sites is 2. The van der Waals surface area contributed by atoms with Crippen molar-refractivity contribution in [3.05, 3.63) is 30.0 Å². The van der Waals surface area contributed by atoms with Crippen LogP contribution >= 0.6 is 0 Å². The maximum atomic E-state index is 12.1. The average Bonchev–Trinajstić information content (AvgIpc) is 2.67. The van der Waals surface area contributed by atoms with E-state index in [4.69, 9.17) is 9.88 Å². The summed E-state index contributed by atoms with van der Waals surface area (Å²) in [6.07, 6.45) is 1.04. The number of nitrogens with zero attached hydrogens (tertiary/aromatic N) is 4. The molecule has 2 atom stereocenters. The molecule has 0 aliphatic carbocycles. The van der Waals surface area contributed by atoms with Crippen LogP contribution in [0.25, 0.3) is 11.0 Å². The normalized spacial score (nSPS) is 18.7. The molecule has 2 heterocycles. The Morgan fingerprint density at radius 3 is 2.63 bits per heavy atom. The average molecular weight is 389 g/mol. The van der Waals surface area contributed by atoms with Crippen molar-refractivity contribution >= 4 is 32.8 Å². The lowest BCUT2D eigenvalue weighted by molar-refractivity contribution is -0.141. The highest BCUT2D eigenvalue weighted by Crippen LogP contribution is 2.30. The number of hydrogen-bond donors (Lipinski definition) is 1. The maximum absolute atomic E-state index is 12.1. The zero-order chi connectivity index (χ0) is 19.6. The van der Waals surface area contributed by atoms with Crippen LogP contribution < -0.4 is 10.0 Å². The van der Waals surface area contributed by atoms with Gasteiger partial charge in [0.15, 0.2) is 11.7 Å². The number of esters is 1. The summed E-state index contributed by atoms with van der Waals surface area (Å²) in [4.78, 5) is 22.9. The molecule has 9 nitrogen and oxygen atoms in total. The van der Waals surface area contributed by atoms with Crippen LogP contribution in [0.2, 0.25) is 0 Å². The van der Waals surface area contributed by atoms with E-state index in [1.54, 1.807) is 29.2 Å². The van der Waals surface area contributed by atoms with Crippen LogP contribution in [0.4, 0.5) is 5.82 Å². The zero-order valence-electron chi connectivity index (χ0n) is 14.7. The first-order valence-corrected chi connectivity index (χ1v) is 9.96. The second kappa shape index (κ2) is 7.46. The van der Waals surface area contributed by atoms with Gasteiger partial charge in [-0.25, -0.2) is 23.5 Å². The lowest BCUT2D eigenvalue weighted by atomic mass is 10.0. The van der Waals surface area contributed by atoms with Gasteiger partial charge >= 0.3 is 5.97 Å². The number of nitrogens with two attached hydrogens (primary N) is 1. The van der Waals surface area contributed by atoms with Gasteiger partial charge in [0, 0.05) is 13.1 Å². The van der Waals surface area contributed by atoms with E-state index in [0.717, 1.165) is 0 Å². The first-order chi connectivity index (χ1) is 12.8. The first-order valence-electron chi connectivity index (χ1n) is 8.36. The molecule has 1 saturated heterocycles. The molecule has 1 aliphatic heterocycles. The third-order valence-corrected chi connectivity index (χ3v) is 5.87.